The molecule has 1 unspecified atom stereocenters. The van der Waals surface area contributed by atoms with Gasteiger partial charge in [-0.05, 0) is 42.8 Å². The molecule has 9 heteroatoms. The smallest absolute Gasteiger partial charge is 0.265 e. The molecule has 4 aromatic rings. The van der Waals surface area contributed by atoms with E-state index in [4.69, 9.17) is 4.98 Å². The number of fused-ring (bicyclic) bond motifs is 2. The normalized spacial score (nSPS) is 15.2. The number of para-hydroxylation sites is 1. The Morgan fingerprint density at radius 1 is 1.26 bits per heavy atom. The molecule has 3 heterocycles. The van der Waals surface area contributed by atoms with E-state index in [1.165, 1.54) is 11.8 Å². The molecule has 0 aliphatic carbocycles. The van der Waals surface area contributed by atoms with E-state index in [1.807, 2.05) is 55.5 Å². The number of hydrogen-bond donors (Lipinski definition) is 1. The summed E-state index contributed by atoms with van der Waals surface area (Å²) in [6.07, 6.45) is 1.76. The lowest BCUT2D eigenvalue weighted by atomic mass is 10.1. The summed E-state index contributed by atoms with van der Waals surface area (Å²) in [5.41, 5.74) is 2.95. The number of carbonyl (C=O) groups excluding carboxylic acids is 1. The average molecular weight is 496 g/mol. The highest BCUT2D eigenvalue weighted by atomic mass is 79.9. The van der Waals surface area contributed by atoms with E-state index in [-0.39, 0.29) is 23.9 Å². The predicted octanol–water partition coefficient (Wildman–Crippen LogP) is 4.33. The monoisotopic (exact) mass is 495 g/mol. The van der Waals surface area contributed by atoms with Crippen molar-refractivity contribution in [1.29, 1.82) is 0 Å². The second-order valence-electron chi connectivity index (χ2n) is 7.38. The summed E-state index contributed by atoms with van der Waals surface area (Å²) in [6, 6.07) is 15.1. The lowest BCUT2D eigenvalue weighted by Crippen LogP contribution is -2.27. The summed E-state index contributed by atoms with van der Waals surface area (Å²) >= 11 is 4.92. The van der Waals surface area contributed by atoms with Crippen molar-refractivity contribution in [3.63, 3.8) is 0 Å². The fourth-order valence-corrected chi connectivity index (χ4v) is 5.33. The zero-order valence-electron chi connectivity index (χ0n) is 16.6. The van der Waals surface area contributed by atoms with Gasteiger partial charge in [-0.1, -0.05) is 45.9 Å². The summed E-state index contributed by atoms with van der Waals surface area (Å²) in [5.74, 6) is 0.497. The van der Waals surface area contributed by atoms with Gasteiger partial charge in [0.15, 0.2) is 10.8 Å². The Balaban J connectivity index is 1.44. The van der Waals surface area contributed by atoms with Crippen molar-refractivity contribution in [2.24, 2.45) is 0 Å². The Hall–Kier alpha value is -2.91. The Labute approximate surface area is 190 Å². The van der Waals surface area contributed by atoms with Gasteiger partial charge >= 0.3 is 0 Å². The molecule has 0 saturated carbocycles. The van der Waals surface area contributed by atoms with Crippen LogP contribution in [0, 0.1) is 6.92 Å². The van der Waals surface area contributed by atoms with Crippen LogP contribution in [0.2, 0.25) is 0 Å². The van der Waals surface area contributed by atoms with E-state index in [2.05, 4.69) is 26.3 Å². The van der Waals surface area contributed by atoms with Crippen molar-refractivity contribution in [2.45, 2.75) is 24.5 Å². The number of thioether (sulfide) groups is 1. The van der Waals surface area contributed by atoms with Gasteiger partial charge in [0.1, 0.15) is 5.39 Å². The van der Waals surface area contributed by atoms with Crippen LogP contribution in [-0.4, -0.2) is 31.0 Å². The van der Waals surface area contributed by atoms with Crippen molar-refractivity contribution in [3.05, 3.63) is 75.1 Å². The van der Waals surface area contributed by atoms with Crippen molar-refractivity contribution in [1.82, 2.24) is 19.3 Å². The zero-order valence-corrected chi connectivity index (χ0v) is 19.0. The third-order valence-corrected chi connectivity index (χ3v) is 6.85. The Bertz CT molecular complexity index is 1370. The van der Waals surface area contributed by atoms with Crippen molar-refractivity contribution in [3.8, 4) is 5.69 Å². The number of nitrogens with zero attached hydrogens (tertiary/aromatic N) is 4. The summed E-state index contributed by atoms with van der Waals surface area (Å²) in [7, 11) is 0. The van der Waals surface area contributed by atoms with E-state index in [1.54, 1.807) is 15.4 Å². The lowest BCUT2D eigenvalue weighted by molar-refractivity contribution is -0.116. The van der Waals surface area contributed by atoms with Gasteiger partial charge in [-0.2, -0.15) is 5.10 Å². The van der Waals surface area contributed by atoms with Gasteiger partial charge in [0.2, 0.25) is 5.91 Å². The molecular formula is C22H18BrN5O2S. The number of hydrogen-bond acceptors (Lipinski definition) is 5. The molecular weight excluding hydrogens is 478 g/mol. The minimum absolute atomic E-state index is 0.129. The number of aryl methyl sites for hydroxylation is 1. The number of benzene rings is 2. The molecule has 2 aromatic heterocycles. The van der Waals surface area contributed by atoms with Gasteiger partial charge in [0.25, 0.3) is 5.56 Å². The summed E-state index contributed by atoms with van der Waals surface area (Å²) < 4.78 is 4.27. The maximum absolute atomic E-state index is 13.2. The van der Waals surface area contributed by atoms with Gasteiger partial charge in [0, 0.05) is 22.3 Å². The van der Waals surface area contributed by atoms with Gasteiger partial charge in [-0.3, -0.25) is 14.2 Å². The maximum atomic E-state index is 13.2. The first-order valence-electron chi connectivity index (χ1n) is 9.76. The lowest BCUT2D eigenvalue weighted by Gasteiger charge is -2.14. The average Bonchev–Trinajstić information content (AvgIpc) is 3.36. The third kappa shape index (κ3) is 3.68. The van der Waals surface area contributed by atoms with Crippen LogP contribution >= 0.6 is 27.7 Å². The van der Waals surface area contributed by atoms with Crippen LogP contribution in [0.25, 0.3) is 16.7 Å². The zero-order chi connectivity index (χ0) is 21.5. The number of carbonyl (C=O) groups is 1. The van der Waals surface area contributed by atoms with E-state index < -0.39 is 0 Å². The number of aromatic nitrogens is 4. The number of halogens is 1. The first-order valence-corrected chi connectivity index (χ1v) is 11.5. The molecule has 1 aliphatic heterocycles. The third-order valence-electron chi connectivity index (χ3n) is 5.25. The van der Waals surface area contributed by atoms with E-state index in [9.17, 15) is 9.59 Å². The molecule has 1 amide bonds. The molecule has 7 nitrogen and oxygen atoms in total. The summed E-state index contributed by atoms with van der Waals surface area (Å²) in [6.45, 7) is 1.94. The van der Waals surface area contributed by atoms with Gasteiger partial charge in [-0.25, -0.2) is 9.67 Å². The molecule has 156 valence electrons. The van der Waals surface area contributed by atoms with Crippen LogP contribution in [0.3, 0.4) is 0 Å². The number of anilines is 1. The van der Waals surface area contributed by atoms with E-state index in [0.29, 0.717) is 21.9 Å². The SMILES string of the molecule is Cc1cc(Br)ccc1NC(=O)CC1CSc2nc3c(cnn3-c3ccccc3)c(=O)n21. The largest absolute Gasteiger partial charge is 0.326 e. The molecule has 5 rings (SSSR count). The van der Waals surface area contributed by atoms with Crippen LogP contribution in [0.4, 0.5) is 5.69 Å². The Morgan fingerprint density at radius 3 is 2.84 bits per heavy atom. The Morgan fingerprint density at radius 2 is 2.06 bits per heavy atom. The molecule has 0 radical (unpaired) electrons. The van der Waals surface area contributed by atoms with Gasteiger partial charge in [-0.15, -0.1) is 0 Å². The van der Waals surface area contributed by atoms with Gasteiger partial charge < -0.3 is 5.32 Å². The van der Waals surface area contributed by atoms with Crippen LogP contribution in [0.1, 0.15) is 18.0 Å². The minimum atomic E-state index is -0.250. The molecule has 0 bridgehead atoms. The first kappa shape index (κ1) is 20.0. The topological polar surface area (TPSA) is 81.8 Å². The highest BCUT2D eigenvalue weighted by molar-refractivity contribution is 9.10. The van der Waals surface area contributed by atoms with Gasteiger partial charge in [0.05, 0.1) is 17.9 Å². The molecule has 1 aliphatic rings. The Kier molecular flexibility index (Phi) is 5.15. The quantitative estimate of drug-likeness (QED) is 0.426. The second-order valence-corrected chi connectivity index (χ2v) is 9.28. The van der Waals surface area contributed by atoms with E-state index in [0.717, 1.165) is 21.4 Å². The molecule has 1 atom stereocenters. The molecule has 0 saturated heterocycles. The minimum Gasteiger partial charge on any atom is -0.326 e. The van der Waals surface area contributed by atoms with E-state index >= 15 is 0 Å². The van der Waals surface area contributed by atoms with Crippen molar-refractivity contribution >= 4 is 50.3 Å². The number of rotatable bonds is 4. The van der Waals surface area contributed by atoms with Crippen LogP contribution in [0.5, 0.6) is 0 Å². The number of amides is 1. The van der Waals surface area contributed by atoms with Crippen molar-refractivity contribution < 1.29 is 4.79 Å². The summed E-state index contributed by atoms with van der Waals surface area (Å²) in [5, 5.41) is 8.40. The predicted molar refractivity (Wildman–Crippen MR) is 125 cm³/mol. The highest BCUT2D eigenvalue weighted by Crippen LogP contribution is 2.33. The maximum Gasteiger partial charge on any atom is 0.265 e. The molecule has 31 heavy (non-hydrogen) atoms. The van der Waals surface area contributed by atoms with Crippen LogP contribution < -0.4 is 10.9 Å². The summed E-state index contributed by atoms with van der Waals surface area (Å²) in [4.78, 5) is 30.6. The standard InChI is InChI=1S/C22H18BrN5O2S/c1-13-9-14(23)7-8-18(13)25-19(29)10-16-12-31-22-26-20-17(21(30)27(16)22)11-24-28(20)15-5-3-2-4-6-15/h2-9,11,16H,10,12H2,1H3,(H,25,29). The number of nitrogens with one attached hydrogen (secondary N) is 1. The fraction of sp³-hybridized carbons (Fsp3) is 0.182. The fourth-order valence-electron chi connectivity index (χ4n) is 3.72. The molecule has 0 fully saturated rings. The first-order chi connectivity index (χ1) is 15.0. The molecule has 1 N–H and O–H groups in total. The van der Waals surface area contributed by atoms with Crippen molar-refractivity contribution in [2.75, 3.05) is 11.1 Å². The highest BCUT2D eigenvalue weighted by Gasteiger charge is 2.29. The second kappa shape index (κ2) is 7.97. The molecule has 0 spiro atoms. The van der Waals surface area contributed by atoms with Crippen LogP contribution in [0.15, 0.2) is 69.2 Å². The molecule has 2 aromatic carbocycles. The van der Waals surface area contributed by atoms with Crippen LogP contribution in [-0.2, 0) is 4.79 Å².